The van der Waals surface area contributed by atoms with E-state index >= 15 is 0 Å². The predicted octanol–water partition coefficient (Wildman–Crippen LogP) is 16.5. The van der Waals surface area contributed by atoms with Crippen molar-refractivity contribution in [1.82, 2.24) is 4.98 Å². The van der Waals surface area contributed by atoms with Gasteiger partial charge in [0.25, 0.3) is 6.71 Å². The van der Waals surface area contributed by atoms with Crippen molar-refractivity contribution in [1.29, 1.82) is 0 Å². The van der Waals surface area contributed by atoms with Crippen molar-refractivity contribution in [2.24, 2.45) is 0 Å². The Morgan fingerprint density at radius 3 is 1.66 bits per heavy atom. The minimum absolute atomic E-state index is 0.0176. The number of pyridine rings is 1. The van der Waals surface area contributed by atoms with Crippen LogP contribution in [0, 0.1) is 0 Å². The molecule has 1 fully saturated rings. The summed E-state index contributed by atoms with van der Waals surface area (Å²) in [7, 11) is 0. The average Bonchev–Trinajstić information content (AvgIpc) is 3.65. The normalized spacial score (nSPS) is 18.6. The van der Waals surface area contributed by atoms with Crippen LogP contribution in [0.5, 0.6) is 0 Å². The average molecular weight is 961 g/mol. The predicted molar refractivity (Wildman–Crippen MR) is 315 cm³/mol. The summed E-state index contributed by atoms with van der Waals surface area (Å²) in [6.07, 6.45) is 8.47. The minimum atomic E-state index is -0.191. The van der Waals surface area contributed by atoms with Gasteiger partial charge in [-0.2, -0.15) is 0 Å². The summed E-state index contributed by atoms with van der Waals surface area (Å²) in [4.78, 5) is 12.4. The third-order valence-corrected chi connectivity index (χ3v) is 17.6. The van der Waals surface area contributed by atoms with E-state index in [1.54, 1.807) is 0 Å². The number of anilines is 8. The molecule has 364 valence electrons. The van der Waals surface area contributed by atoms with Crippen molar-refractivity contribution >= 4 is 68.6 Å². The number of aromatic nitrogens is 1. The molecule has 8 aromatic carbocycles. The van der Waals surface area contributed by atoms with Crippen LogP contribution in [-0.4, -0.2) is 17.2 Å². The maximum atomic E-state index is 4.38. The van der Waals surface area contributed by atoms with Gasteiger partial charge in [0.2, 0.25) is 0 Å². The van der Waals surface area contributed by atoms with Crippen LogP contribution in [0.3, 0.4) is 0 Å². The molecule has 0 spiro atoms. The molecule has 0 saturated heterocycles. The molecule has 1 saturated carbocycles. The van der Waals surface area contributed by atoms with Gasteiger partial charge in [-0.3, -0.25) is 4.98 Å². The lowest BCUT2D eigenvalue weighted by Gasteiger charge is -2.51. The molecule has 4 aliphatic rings. The third-order valence-electron chi connectivity index (χ3n) is 17.6. The van der Waals surface area contributed by atoms with Gasteiger partial charge < -0.3 is 14.7 Å². The van der Waals surface area contributed by atoms with E-state index in [-0.39, 0.29) is 28.5 Å². The zero-order valence-electron chi connectivity index (χ0n) is 44.2. The van der Waals surface area contributed by atoms with E-state index in [2.05, 4.69) is 263 Å². The van der Waals surface area contributed by atoms with E-state index in [0.717, 1.165) is 18.5 Å². The van der Waals surface area contributed by atoms with Gasteiger partial charge in [0.1, 0.15) is 0 Å². The molecule has 4 nitrogen and oxygen atoms in total. The number of rotatable bonds is 6. The SMILES string of the molecule is CC(C)(C)c1ccc(N2c3ccc(C(C)(C)C)cc3B3c4ccc(-c5ccccc5)cc4N(c4cccc(-c5ccccc5)c4)c4cc(N5c6ccc(-c7ccncc7)cc6C6(C)CCCCC56C)cc2c43)cc1. The molecule has 0 bridgehead atoms. The number of fused-ring (bicyclic) bond motifs is 7. The highest BCUT2D eigenvalue weighted by molar-refractivity contribution is 7.00. The number of hydrogen-bond donors (Lipinski definition) is 0. The third kappa shape index (κ3) is 7.21. The zero-order valence-corrected chi connectivity index (χ0v) is 44.2. The summed E-state index contributed by atoms with van der Waals surface area (Å²) in [6, 6.07) is 71.9. The van der Waals surface area contributed by atoms with Crippen molar-refractivity contribution in [3.63, 3.8) is 0 Å². The largest absolute Gasteiger partial charge is 0.334 e. The summed E-state index contributed by atoms with van der Waals surface area (Å²) in [6.45, 7) is 19.1. The Labute approximate surface area is 439 Å². The highest BCUT2D eigenvalue weighted by Crippen LogP contribution is 2.62. The molecule has 9 aromatic rings. The molecule has 0 radical (unpaired) electrons. The van der Waals surface area contributed by atoms with E-state index in [0.29, 0.717) is 0 Å². The number of nitrogens with zero attached hydrogens (tertiary/aromatic N) is 4. The highest BCUT2D eigenvalue weighted by atomic mass is 15.3. The first-order valence-corrected chi connectivity index (χ1v) is 26.9. The fraction of sp³-hybridized carbons (Fsp3) is 0.232. The Hall–Kier alpha value is -7.63. The molecule has 4 heterocycles. The monoisotopic (exact) mass is 961 g/mol. The van der Waals surface area contributed by atoms with Gasteiger partial charge in [-0.1, -0.05) is 177 Å². The van der Waals surface area contributed by atoms with Crippen molar-refractivity contribution in [2.75, 3.05) is 14.7 Å². The van der Waals surface area contributed by atoms with Crippen LogP contribution in [-0.2, 0) is 16.2 Å². The van der Waals surface area contributed by atoms with E-state index in [4.69, 9.17) is 0 Å². The Morgan fingerprint density at radius 1 is 0.419 bits per heavy atom. The molecular formula is C69H65BN4. The lowest BCUT2D eigenvalue weighted by molar-refractivity contribution is 0.195. The van der Waals surface area contributed by atoms with Crippen LogP contribution in [0.25, 0.3) is 33.4 Å². The Morgan fingerprint density at radius 2 is 0.986 bits per heavy atom. The van der Waals surface area contributed by atoms with Crippen LogP contribution in [0.4, 0.5) is 45.5 Å². The molecule has 1 aliphatic carbocycles. The van der Waals surface area contributed by atoms with Crippen LogP contribution < -0.4 is 31.1 Å². The van der Waals surface area contributed by atoms with E-state index < -0.39 is 0 Å². The molecule has 74 heavy (non-hydrogen) atoms. The van der Waals surface area contributed by atoms with Crippen LogP contribution in [0.1, 0.15) is 97.8 Å². The molecule has 1 aromatic heterocycles. The first kappa shape index (κ1) is 46.2. The van der Waals surface area contributed by atoms with Crippen LogP contribution >= 0.6 is 0 Å². The Bertz CT molecular complexity index is 3630. The molecule has 5 heteroatoms. The van der Waals surface area contributed by atoms with Crippen molar-refractivity contribution in [3.05, 3.63) is 217 Å². The van der Waals surface area contributed by atoms with Crippen molar-refractivity contribution < 1.29 is 0 Å². The maximum absolute atomic E-state index is 4.38. The summed E-state index contributed by atoms with van der Waals surface area (Å²) < 4.78 is 0. The van der Waals surface area contributed by atoms with Gasteiger partial charge in [0.05, 0.1) is 5.54 Å². The summed E-state index contributed by atoms with van der Waals surface area (Å²) >= 11 is 0. The first-order valence-electron chi connectivity index (χ1n) is 26.9. The lowest BCUT2D eigenvalue weighted by Crippen LogP contribution is -2.61. The zero-order chi connectivity index (χ0) is 50.7. The molecule has 13 rings (SSSR count). The molecule has 0 amide bonds. The summed E-state index contributed by atoms with van der Waals surface area (Å²) in [5.41, 5.74) is 24.8. The second-order valence-electron chi connectivity index (χ2n) is 24.0. The molecular weight excluding hydrogens is 896 g/mol. The Balaban J connectivity index is 1.14. The number of hydrogen-bond acceptors (Lipinski definition) is 4. The first-order chi connectivity index (χ1) is 35.7. The Kier molecular flexibility index (Phi) is 10.6. The van der Waals surface area contributed by atoms with Gasteiger partial charge in [-0.05, 0) is 170 Å². The molecule has 3 aliphatic heterocycles. The van der Waals surface area contributed by atoms with E-state index in [9.17, 15) is 0 Å². The standard InChI is InChI=1S/C69H65BN4/c1-66(2,3)52-26-29-54(30-27-52)72-61-33-28-53(67(4,5)6)43-59(61)70-58-31-24-51(47-20-13-10-14-21-47)42-62(58)73(55-23-17-22-49(40-55)46-18-11-9-12-19-46)64-45-56(44-63(72)65(64)70)74-60-32-25-50(48-34-38-71-39-35-48)41-57(60)68(7)36-15-16-37-69(68,74)8/h9-14,17-35,38-45H,15-16,36-37H2,1-8H3. The maximum Gasteiger partial charge on any atom is 0.252 e. The van der Waals surface area contributed by atoms with E-state index in [1.165, 1.54) is 119 Å². The lowest BCUT2D eigenvalue weighted by atomic mass is 9.33. The second-order valence-corrected chi connectivity index (χ2v) is 24.0. The number of benzene rings is 8. The molecule has 2 unspecified atom stereocenters. The second kappa shape index (κ2) is 17.0. The molecule has 0 N–H and O–H groups in total. The summed E-state index contributed by atoms with van der Waals surface area (Å²) in [5, 5.41) is 0. The summed E-state index contributed by atoms with van der Waals surface area (Å²) in [5.74, 6) is 0. The van der Waals surface area contributed by atoms with E-state index in [1.807, 2.05) is 12.4 Å². The van der Waals surface area contributed by atoms with Crippen molar-refractivity contribution in [3.8, 4) is 33.4 Å². The minimum Gasteiger partial charge on any atom is -0.334 e. The van der Waals surface area contributed by atoms with Gasteiger partial charge in [-0.25, -0.2) is 0 Å². The highest BCUT2D eigenvalue weighted by Gasteiger charge is 2.58. The quantitative estimate of drug-likeness (QED) is 0.155. The molecule has 2 atom stereocenters. The van der Waals surface area contributed by atoms with Gasteiger partial charge >= 0.3 is 0 Å². The van der Waals surface area contributed by atoms with Crippen molar-refractivity contribution in [2.45, 2.75) is 103 Å². The van der Waals surface area contributed by atoms with Crippen LogP contribution in [0.15, 0.2) is 200 Å². The topological polar surface area (TPSA) is 22.6 Å². The smallest absolute Gasteiger partial charge is 0.252 e. The fourth-order valence-electron chi connectivity index (χ4n) is 13.4. The fourth-order valence-corrected chi connectivity index (χ4v) is 13.4. The van der Waals surface area contributed by atoms with Crippen LogP contribution in [0.2, 0.25) is 0 Å². The van der Waals surface area contributed by atoms with Gasteiger partial charge in [0, 0.05) is 63.3 Å². The van der Waals surface area contributed by atoms with Gasteiger partial charge in [0.15, 0.2) is 0 Å². The van der Waals surface area contributed by atoms with Gasteiger partial charge in [-0.15, -0.1) is 0 Å².